The van der Waals surface area contributed by atoms with Crippen molar-refractivity contribution in [2.24, 2.45) is 0 Å². The summed E-state index contributed by atoms with van der Waals surface area (Å²) in [6.07, 6.45) is 0. The van der Waals surface area contributed by atoms with E-state index in [-0.39, 0.29) is 10.8 Å². The first-order chi connectivity index (χ1) is 13.3. The fourth-order valence-corrected chi connectivity index (χ4v) is 4.07. The minimum absolute atomic E-state index is 0.0415. The van der Waals surface area contributed by atoms with E-state index in [1.54, 1.807) is 25.2 Å². The molecule has 0 aromatic heterocycles. The van der Waals surface area contributed by atoms with Gasteiger partial charge in [0.1, 0.15) is 0 Å². The normalized spacial score (nSPS) is 11.1. The van der Waals surface area contributed by atoms with Crippen molar-refractivity contribution in [3.8, 4) is 0 Å². The predicted molar refractivity (Wildman–Crippen MR) is 112 cm³/mol. The third-order valence-corrected chi connectivity index (χ3v) is 5.83. The number of rotatable bonds is 5. The number of benzene rings is 3. The van der Waals surface area contributed by atoms with E-state index in [0.717, 1.165) is 16.8 Å². The lowest BCUT2D eigenvalue weighted by atomic mass is 10.1. The number of sulfonamides is 1. The summed E-state index contributed by atoms with van der Waals surface area (Å²) >= 11 is 0. The van der Waals surface area contributed by atoms with Crippen LogP contribution in [-0.4, -0.2) is 21.4 Å². The van der Waals surface area contributed by atoms with E-state index in [9.17, 15) is 13.2 Å². The second kappa shape index (κ2) is 7.86. The highest BCUT2D eigenvalue weighted by Crippen LogP contribution is 2.22. The highest BCUT2D eigenvalue weighted by Gasteiger charge is 2.19. The molecule has 3 rings (SSSR count). The van der Waals surface area contributed by atoms with E-state index in [2.05, 4.69) is 4.72 Å². The van der Waals surface area contributed by atoms with Crippen molar-refractivity contribution in [1.29, 1.82) is 0 Å². The number of carbonyl (C=O) groups excluding carboxylic acids is 1. The minimum Gasteiger partial charge on any atom is -0.311 e. The Kier molecular flexibility index (Phi) is 5.51. The first-order valence-electron chi connectivity index (χ1n) is 8.81. The largest absolute Gasteiger partial charge is 0.311 e. The fraction of sp³-hybridized carbons (Fsp3) is 0.136. The molecule has 144 valence electrons. The van der Waals surface area contributed by atoms with Crippen molar-refractivity contribution in [2.75, 3.05) is 16.7 Å². The summed E-state index contributed by atoms with van der Waals surface area (Å²) in [6, 6.07) is 20.7. The van der Waals surface area contributed by atoms with Crippen LogP contribution in [0.25, 0.3) is 0 Å². The molecule has 0 aliphatic rings. The maximum absolute atomic E-state index is 12.8. The average Bonchev–Trinajstić information content (AvgIpc) is 2.70. The number of nitrogens with one attached hydrogen (secondary N) is 1. The van der Waals surface area contributed by atoms with Gasteiger partial charge in [-0.2, -0.15) is 0 Å². The molecule has 0 saturated heterocycles. The number of carbonyl (C=O) groups is 1. The second-order valence-electron chi connectivity index (χ2n) is 6.65. The van der Waals surface area contributed by atoms with Crippen molar-refractivity contribution in [2.45, 2.75) is 18.7 Å². The van der Waals surface area contributed by atoms with Gasteiger partial charge in [-0.25, -0.2) is 8.42 Å². The monoisotopic (exact) mass is 394 g/mol. The molecule has 0 aliphatic carbocycles. The molecule has 0 spiro atoms. The molecule has 0 unspecified atom stereocenters. The molecule has 6 heteroatoms. The lowest BCUT2D eigenvalue weighted by Gasteiger charge is -2.18. The minimum atomic E-state index is -3.82. The van der Waals surface area contributed by atoms with Gasteiger partial charge in [0.05, 0.1) is 10.6 Å². The summed E-state index contributed by atoms with van der Waals surface area (Å²) in [4.78, 5) is 14.3. The van der Waals surface area contributed by atoms with Gasteiger partial charge in [0, 0.05) is 18.3 Å². The van der Waals surface area contributed by atoms with Gasteiger partial charge in [-0.1, -0.05) is 42.0 Å². The summed E-state index contributed by atoms with van der Waals surface area (Å²) in [7, 11) is -2.16. The number of anilines is 2. The lowest BCUT2D eigenvalue weighted by molar-refractivity contribution is 0.0993. The molecule has 0 radical (unpaired) electrons. The summed E-state index contributed by atoms with van der Waals surface area (Å²) in [5.74, 6) is -0.283. The Labute approximate surface area is 165 Å². The van der Waals surface area contributed by atoms with Crippen LogP contribution in [-0.2, 0) is 10.0 Å². The molecule has 1 amide bonds. The van der Waals surface area contributed by atoms with E-state index < -0.39 is 10.0 Å². The van der Waals surface area contributed by atoms with E-state index in [4.69, 9.17) is 0 Å². The number of nitrogens with zero attached hydrogens (tertiary/aromatic N) is 1. The third kappa shape index (κ3) is 4.23. The quantitative estimate of drug-likeness (QED) is 0.698. The maximum Gasteiger partial charge on any atom is 0.261 e. The zero-order valence-electron chi connectivity index (χ0n) is 16.0. The molecule has 0 fully saturated rings. The first kappa shape index (κ1) is 19.6. The molecule has 0 bridgehead atoms. The Morgan fingerprint density at radius 3 is 2.29 bits per heavy atom. The van der Waals surface area contributed by atoms with Crippen molar-refractivity contribution >= 4 is 27.3 Å². The van der Waals surface area contributed by atoms with Crippen LogP contribution >= 0.6 is 0 Å². The number of amides is 1. The number of hydrogen-bond acceptors (Lipinski definition) is 3. The summed E-state index contributed by atoms with van der Waals surface area (Å²) in [5, 5.41) is 0. The van der Waals surface area contributed by atoms with Crippen molar-refractivity contribution < 1.29 is 13.2 Å². The van der Waals surface area contributed by atoms with Crippen LogP contribution in [0.1, 0.15) is 21.5 Å². The third-order valence-electron chi connectivity index (χ3n) is 4.47. The Hall–Kier alpha value is -3.12. The van der Waals surface area contributed by atoms with Gasteiger partial charge in [-0.15, -0.1) is 0 Å². The maximum atomic E-state index is 12.8. The SMILES string of the molecule is Cc1ccc(NS(=O)(=O)c2cccc(C(=O)N(C)c3ccccc3)c2)c(C)c1. The number of para-hydroxylation sites is 1. The highest BCUT2D eigenvalue weighted by atomic mass is 32.2. The van der Waals surface area contributed by atoms with Crippen LogP contribution in [0.5, 0.6) is 0 Å². The molecule has 3 aromatic carbocycles. The standard InChI is InChI=1S/C22H22N2O3S/c1-16-12-13-21(17(2)14-16)23-28(26,27)20-11-7-8-18(15-20)22(25)24(3)19-9-5-4-6-10-19/h4-15,23H,1-3H3. The molecule has 0 aliphatic heterocycles. The molecule has 5 nitrogen and oxygen atoms in total. The van der Waals surface area contributed by atoms with Crippen molar-refractivity contribution in [3.05, 3.63) is 89.5 Å². The predicted octanol–water partition coefficient (Wildman–Crippen LogP) is 4.38. The van der Waals surface area contributed by atoms with E-state index in [1.807, 2.05) is 56.3 Å². The van der Waals surface area contributed by atoms with Gasteiger partial charge in [-0.3, -0.25) is 9.52 Å². The van der Waals surface area contributed by atoms with Gasteiger partial charge in [0.2, 0.25) is 0 Å². The lowest BCUT2D eigenvalue weighted by Crippen LogP contribution is -2.26. The van der Waals surface area contributed by atoms with E-state index in [1.165, 1.54) is 17.0 Å². The molecule has 0 saturated carbocycles. The van der Waals surface area contributed by atoms with E-state index >= 15 is 0 Å². The Morgan fingerprint density at radius 2 is 1.61 bits per heavy atom. The Balaban J connectivity index is 1.88. The van der Waals surface area contributed by atoms with Gasteiger partial charge >= 0.3 is 0 Å². The van der Waals surface area contributed by atoms with Crippen LogP contribution in [0.4, 0.5) is 11.4 Å². The van der Waals surface area contributed by atoms with Gasteiger partial charge in [0.25, 0.3) is 15.9 Å². The van der Waals surface area contributed by atoms with Crippen LogP contribution in [0.15, 0.2) is 77.7 Å². The summed E-state index contributed by atoms with van der Waals surface area (Å²) in [6.45, 7) is 3.79. The van der Waals surface area contributed by atoms with E-state index in [0.29, 0.717) is 11.3 Å². The zero-order chi connectivity index (χ0) is 20.3. The summed E-state index contributed by atoms with van der Waals surface area (Å²) in [5.41, 5.74) is 3.43. The fourth-order valence-electron chi connectivity index (χ4n) is 2.89. The topological polar surface area (TPSA) is 66.5 Å². The molecule has 28 heavy (non-hydrogen) atoms. The summed E-state index contributed by atoms with van der Waals surface area (Å²) < 4.78 is 28.2. The highest BCUT2D eigenvalue weighted by molar-refractivity contribution is 7.92. The Morgan fingerprint density at radius 1 is 0.893 bits per heavy atom. The zero-order valence-corrected chi connectivity index (χ0v) is 16.8. The molecule has 1 N–H and O–H groups in total. The van der Waals surface area contributed by atoms with Gasteiger partial charge in [-0.05, 0) is 55.8 Å². The van der Waals surface area contributed by atoms with Crippen molar-refractivity contribution in [1.82, 2.24) is 0 Å². The van der Waals surface area contributed by atoms with Crippen LogP contribution < -0.4 is 9.62 Å². The van der Waals surface area contributed by atoms with Crippen LogP contribution in [0.2, 0.25) is 0 Å². The molecule has 0 atom stereocenters. The van der Waals surface area contributed by atoms with Gasteiger partial charge in [0.15, 0.2) is 0 Å². The Bertz CT molecular complexity index is 1110. The molecule has 0 heterocycles. The second-order valence-corrected chi connectivity index (χ2v) is 8.33. The molecule has 3 aromatic rings. The molecular formula is C22H22N2O3S. The van der Waals surface area contributed by atoms with Crippen molar-refractivity contribution in [3.63, 3.8) is 0 Å². The van der Waals surface area contributed by atoms with Crippen LogP contribution in [0, 0.1) is 13.8 Å². The van der Waals surface area contributed by atoms with Gasteiger partial charge < -0.3 is 4.90 Å². The number of aryl methyl sites for hydroxylation is 2. The van der Waals surface area contributed by atoms with Crippen LogP contribution in [0.3, 0.4) is 0 Å². The average molecular weight is 394 g/mol. The molecular weight excluding hydrogens is 372 g/mol. The smallest absolute Gasteiger partial charge is 0.261 e. The first-order valence-corrected chi connectivity index (χ1v) is 10.3. The number of hydrogen-bond donors (Lipinski definition) is 1.